The van der Waals surface area contributed by atoms with E-state index >= 15 is 0 Å². The van der Waals surface area contributed by atoms with Crippen molar-refractivity contribution in [2.75, 3.05) is 5.32 Å². The maximum absolute atomic E-state index is 12.2. The van der Waals surface area contributed by atoms with Gasteiger partial charge in [-0.15, -0.1) is 0 Å². The summed E-state index contributed by atoms with van der Waals surface area (Å²) in [6.45, 7) is 3.94. The van der Waals surface area contributed by atoms with Crippen molar-refractivity contribution in [3.63, 3.8) is 0 Å². The van der Waals surface area contributed by atoms with Crippen molar-refractivity contribution < 1.29 is 14.0 Å². The molecule has 128 valence electrons. The summed E-state index contributed by atoms with van der Waals surface area (Å²) in [5.41, 5.74) is 4.27. The molecule has 0 saturated heterocycles. The van der Waals surface area contributed by atoms with E-state index in [0.29, 0.717) is 22.4 Å². The number of carbonyl (C=O) groups excluding carboxylic acids is 2. The number of amides is 1. The van der Waals surface area contributed by atoms with Crippen LogP contribution in [0.15, 0.2) is 45.6 Å². The van der Waals surface area contributed by atoms with Crippen LogP contribution in [-0.2, 0) is 4.79 Å². The number of hydrogen-bond acceptors (Lipinski definition) is 4. The zero-order chi connectivity index (χ0) is 18.0. The number of carbonyl (C=O) groups is 2. The van der Waals surface area contributed by atoms with Gasteiger partial charge in [-0.1, -0.05) is 12.1 Å². The molecule has 1 heterocycles. The quantitative estimate of drug-likeness (QED) is 0.698. The molecule has 0 spiro atoms. The smallest absolute Gasteiger partial charge is 0.408 e. The second kappa shape index (κ2) is 6.76. The molecule has 1 aromatic heterocycles. The van der Waals surface area contributed by atoms with Crippen LogP contribution in [0.5, 0.6) is 0 Å². The van der Waals surface area contributed by atoms with Gasteiger partial charge in [0.05, 0.1) is 5.52 Å². The SMILES string of the molecule is Cc1ccc(C(=O)CCC(=O)Nc2ccc3oc(=O)[nH]c3c2)cc1C. The molecule has 0 bridgehead atoms. The van der Waals surface area contributed by atoms with Crippen molar-refractivity contribution in [1.29, 1.82) is 0 Å². The summed E-state index contributed by atoms with van der Waals surface area (Å²) in [5, 5.41) is 2.72. The van der Waals surface area contributed by atoms with Gasteiger partial charge in [-0.05, 0) is 49.2 Å². The molecule has 0 aliphatic carbocycles. The number of rotatable bonds is 5. The van der Waals surface area contributed by atoms with Crippen LogP contribution in [0.25, 0.3) is 11.1 Å². The topological polar surface area (TPSA) is 92.2 Å². The number of anilines is 1. The highest BCUT2D eigenvalue weighted by atomic mass is 16.4. The van der Waals surface area contributed by atoms with Gasteiger partial charge in [0.15, 0.2) is 11.4 Å². The van der Waals surface area contributed by atoms with Gasteiger partial charge < -0.3 is 9.73 Å². The molecule has 2 aromatic carbocycles. The third-order valence-corrected chi connectivity index (χ3v) is 4.11. The average molecular weight is 338 g/mol. The van der Waals surface area contributed by atoms with Crippen LogP contribution >= 0.6 is 0 Å². The number of oxazole rings is 1. The van der Waals surface area contributed by atoms with E-state index < -0.39 is 5.76 Å². The Kier molecular flexibility index (Phi) is 4.52. The van der Waals surface area contributed by atoms with Crippen molar-refractivity contribution in [3.05, 3.63) is 63.6 Å². The van der Waals surface area contributed by atoms with Gasteiger partial charge in [-0.2, -0.15) is 0 Å². The summed E-state index contributed by atoms with van der Waals surface area (Å²) >= 11 is 0. The first-order chi connectivity index (χ1) is 11.9. The van der Waals surface area contributed by atoms with E-state index in [1.165, 1.54) is 0 Å². The first-order valence-electron chi connectivity index (χ1n) is 7.95. The van der Waals surface area contributed by atoms with Crippen molar-refractivity contribution in [2.45, 2.75) is 26.7 Å². The zero-order valence-corrected chi connectivity index (χ0v) is 14.0. The number of benzene rings is 2. The second-order valence-electron chi connectivity index (χ2n) is 6.00. The standard InChI is InChI=1S/C19H18N2O4/c1-11-3-4-13(9-12(11)2)16(22)6-8-18(23)20-14-5-7-17-15(10-14)21-19(24)25-17/h3-5,7,9-10H,6,8H2,1-2H3,(H,20,23)(H,21,24). The van der Waals surface area contributed by atoms with Crippen LogP contribution in [0.1, 0.15) is 34.3 Å². The molecule has 0 aliphatic rings. The van der Waals surface area contributed by atoms with Gasteiger partial charge in [-0.25, -0.2) is 4.79 Å². The van der Waals surface area contributed by atoms with Gasteiger partial charge >= 0.3 is 5.76 Å². The highest BCUT2D eigenvalue weighted by Gasteiger charge is 2.11. The molecule has 0 fully saturated rings. The van der Waals surface area contributed by atoms with E-state index in [2.05, 4.69) is 10.3 Å². The Morgan fingerprint density at radius 2 is 1.84 bits per heavy atom. The molecule has 6 nitrogen and oxygen atoms in total. The lowest BCUT2D eigenvalue weighted by molar-refractivity contribution is -0.116. The fourth-order valence-electron chi connectivity index (χ4n) is 2.54. The summed E-state index contributed by atoms with van der Waals surface area (Å²) in [4.78, 5) is 37.9. The molecule has 0 aliphatic heterocycles. The van der Waals surface area contributed by atoms with Crippen LogP contribution < -0.4 is 11.1 Å². The molecule has 0 saturated carbocycles. The number of H-pyrrole nitrogens is 1. The molecule has 0 unspecified atom stereocenters. The minimum Gasteiger partial charge on any atom is -0.408 e. The molecular formula is C19H18N2O4. The zero-order valence-electron chi connectivity index (χ0n) is 14.0. The molecule has 25 heavy (non-hydrogen) atoms. The Morgan fingerprint density at radius 1 is 1.04 bits per heavy atom. The third kappa shape index (κ3) is 3.85. The number of fused-ring (bicyclic) bond motifs is 1. The molecule has 0 atom stereocenters. The fraction of sp³-hybridized carbons (Fsp3) is 0.211. The average Bonchev–Trinajstić information content (AvgIpc) is 2.94. The summed E-state index contributed by atoms with van der Waals surface area (Å²) in [6, 6.07) is 10.4. The van der Waals surface area contributed by atoms with Crippen molar-refractivity contribution in [1.82, 2.24) is 4.98 Å². The number of hydrogen-bond donors (Lipinski definition) is 2. The minimum atomic E-state index is -0.544. The molecule has 3 aromatic rings. The molecule has 2 N–H and O–H groups in total. The first-order valence-corrected chi connectivity index (χ1v) is 7.95. The molecule has 6 heteroatoms. The normalized spacial score (nSPS) is 10.8. The van der Waals surface area contributed by atoms with Gasteiger partial charge in [0.1, 0.15) is 0 Å². The van der Waals surface area contributed by atoms with E-state index in [-0.39, 0.29) is 24.5 Å². The lowest BCUT2D eigenvalue weighted by Gasteiger charge is -2.06. The second-order valence-corrected chi connectivity index (χ2v) is 6.00. The highest BCUT2D eigenvalue weighted by Crippen LogP contribution is 2.17. The van der Waals surface area contributed by atoms with Gasteiger partial charge in [-0.3, -0.25) is 14.6 Å². The van der Waals surface area contributed by atoms with E-state index in [4.69, 9.17) is 4.42 Å². The maximum Gasteiger partial charge on any atom is 0.417 e. The number of ketones is 1. The predicted molar refractivity (Wildman–Crippen MR) is 94.9 cm³/mol. The van der Waals surface area contributed by atoms with Crippen molar-refractivity contribution in [3.8, 4) is 0 Å². The van der Waals surface area contributed by atoms with Crippen LogP contribution in [0.3, 0.4) is 0 Å². The molecular weight excluding hydrogens is 320 g/mol. The largest absolute Gasteiger partial charge is 0.417 e. The van der Waals surface area contributed by atoms with Crippen LogP contribution in [0, 0.1) is 13.8 Å². The Balaban J connectivity index is 1.60. The third-order valence-electron chi connectivity index (χ3n) is 4.11. The highest BCUT2D eigenvalue weighted by molar-refractivity contribution is 6.00. The minimum absolute atomic E-state index is 0.0622. The van der Waals surface area contributed by atoms with Crippen molar-refractivity contribution in [2.24, 2.45) is 0 Å². The summed E-state index contributed by atoms with van der Waals surface area (Å²) in [7, 11) is 0. The van der Waals surface area contributed by atoms with Crippen LogP contribution in [-0.4, -0.2) is 16.7 Å². The Morgan fingerprint density at radius 3 is 2.60 bits per heavy atom. The van der Waals surface area contributed by atoms with Crippen LogP contribution in [0.2, 0.25) is 0 Å². The summed E-state index contributed by atoms with van der Waals surface area (Å²) in [6.07, 6.45) is 0.227. The maximum atomic E-state index is 12.2. The monoisotopic (exact) mass is 338 g/mol. The van der Waals surface area contributed by atoms with Gasteiger partial charge in [0, 0.05) is 24.1 Å². The molecule has 3 rings (SSSR count). The first kappa shape index (κ1) is 16.7. The lowest BCUT2D eigenvalue weighted by Crippen LogP contribution is -2.13. The Bertz CT molecular complexity index is 1010. The summed E-state index contributed by atoms with van der Waals surface area (Å²) < 4.78 is 4.91. The van der Waals surface area contributed by atoms with E-state index in [1.54, 1.807) is 24.3 Å². The predicted octanol–water partition coefficient (Wildman–Crippen LogP) is 3.34. The van der Waals surface area contributed by atoms with Crippen LogP contribution in [0.4, 0.5) is 5.69 Å². The number of aromatic amines is 1. The molecule has 0 radical (unpaired) electrons. The number of nitrogens with one attached hydrogen (secondary N) is 2. The Hall–Kier alpha value is -3.15. The lowest BCUT2D eigenvalue weighted by atomic mass is 10.0. The fourth-order valence-corrected chi connectivity index (χ4v) is 2.54. The van der Waals surface area contributed by atoms with E-state index in [1.807, 2.05) is 26.0 Å². The van der Waals surface area contributed by atoms with Crippen molar-refractivity contribution >= 4 is 28.5 Å². The van der Waals surface area contributed by atoms with E-state index in [9.17, 15) is 14.4 Å². The number of Topliss-reactive ketones (excluding diaryl/α,β-unsaturated/α-hetero) is 1. The van der Waals surface area contributed by atoms with E-state index in [0.717, 1.165) is 11.1 Å². The Labute approximate surface area is 143 Å². The summed E-state index contributed by atoms with van der Waals surface area (Å²) in [5.74, 6) is -0.868. The van der Waals surface area contributed by atoms with Gasteiger partial charge in [0.25, 0.3) is 0 Å². The number of aryl methyl sites for hydroxylation is 2. The van der Waals surface area contributed by atoms with Gasteiger partial charge in [0.2, 0.25) is 5.91 Å². The number of aromatic nitrogens is 1. The molecule has 1 amide bonds.